The molecule has 0 radical (unpaired) electrons. The van der Waals surface area contributed by atoms with E-state index in [0.29, 0.717) is 16.0 Å². The van der Waals surface area contributed by atoms with Crippen LogP contribution in [0.15, 0.2) is 37.4 Å². The van der Waals surface area contributed by atoms with E-state index in [4.69, 9.17) is 0 Å². The van der Waals surface area contributed by atoms with Crippen LogP contribution >= 0.6 is 43.2 Å². The SMILES string of the molecule is CNCc1cc(S(=O)(=O)Nc2ccc(Br)cc2C)c(Br)s1. The molecule has 0 spiro atoms. The van der Waals surface area contributed by atoms with Gasteiger partial charge in [-0.15, -0.1) is 11.3 Å². The number of nitrogens with one attached hydrogen (secondary N) is 2. The Bertz CT molecular complexity index is 758. The summed E-state index contributed by atoms with van der Waals surface area (Å²) in [4.78, 5) is 1.22. The number of anilines is 1. The van der Waals surface area contributed by atoms with Gasteiger partial charge in [0.15, 0.2) is 0 Å². The van der Waals surface area contributed by atoms with Crippen molar-refractivity contribution >= 4 is 58.9 Å². The van der Waals surface area contributed by atoms with Crippen LogP contribution in [0.1, 0.15) is 10.4 Å². The number of benzene rings is 1. The molecule has 0 bridgehead atoms. The van der Waals surface area contributed by atoms with Gasteiger partial charge in [0, 0.05) is 15.9 Å². The van der Waals surface area contributed by atoms with Crippen molar-refractivity contribution in [3.05, 3.63) is 43.0 Å². The summed E-state index contributed by atoms with van der Waals surface area (Å²) in [6, 6.07) is 7.10. The summed E-state index contributed by atoms with van der Waals surface area (Å²) in [5, 5.41) is 3.01. The summed E-state index contributed by atoms with van der Waals surface area (Å²) < 4.78 is 29.2. The maximum atomic E-state index is 12.5. The van der Waals surface area contributed by atoms with E-state index in [9.17, 15) is 8.42 Å². The molecule has 2 aromatic rings. The lowest BCUT2D eigenvalue weighted by molar-refractivity contribution is 0.601. The number of rotatable bonds is 5. The van der Waals surface area contributed by atoms with E-state index in [1.54, 1.807) is 18.2 Å². The third kappa shape index (κ3) is 4.07. The minimum absolute atomic E-state index is 0.264. The van der Waals surface area contributed by atoms with Crippen LogP contribution in [0.2, 0.25) is 0 Å². The predicted molar refractivity (Wildman–Crippen MR) is 94.5 cm³/mol. The van der Waals surface area contributed by atoms with Gasteiger partial charge in [0.25, 0.3) is 10.0 Å². The molecule has 8 heteroatoms. The maximum Gasteiger partial charge on any atom is 0.263 e. The average Bonchev–Trinajstić information content (AvgIpc) is 2.75. The Balaban J connectivity index is 2.34. The van der Waals surface area contributed by atoms with Gasteiger partial charge in [-0.3, -0.25) is 4.72 Å². The van der Waals surface area contributed by atoms with Crippen LogP contribution in [0, 0.1) is 6.92 Å². The Morgan fingerprint density at radius 1 is 1.24 bits per heavy atom. The summed E-state index contributed by atoms with van der Waals surface area (Å²) in [5.41, 5.74) is 1.43. The number of hydrogen-bond acceptors (Lipinski definition) is 4. The topological polar surface area (TPSA) is 58.2 Å². The summed E-state index contributed by atoms with van der Waals surface area (Å²) in [6.45, 7) is 2.49. The standard InChI is InChI=1S/C13H14Br2N2O2S2/c1-8-5-9(14)3-4-11(8)17-21(18,19)12-6-10(7-16-2)20-13(12)15/h3-6,16-17H,7H2,1-2H3. The quantitative estimate of drug-likeness (QED) is 0.716. The van der Waals surface area contributed by atoms with Gasteiger partial charge in [0.2, 0.25) is 0 Å². The van der Waals surface area contributed by atoms with E-state index in [-0.39, 0.29) is 4.90 Å². The lowest BCUT2D eigenvalue weighted by Gasteiger charge is -2.10. The second kappa shape index (κ2) is 6.78. The van der Waals surface area contributed by atoms with Crippen LogP contribution in [0.5, 0.6) is 0 Å². The van der Waals surface area contributed by atoms with Crippen molar-refractivity contribution < 1.29 is 8.42 Å². The molecule has 0 unspecified atom stereocenters. The van der Waals surface area contributed by atoms with Crippen molar-refractivity contribution in [2.24, 2.45) is 0 Å². The lowest BCUT2D eigenvalue weighted by Crippen LogP contribution is -2.13. The first kappa shape index (κ1) is 17.0. The molecule has 21 heavy (non-hydrogen) atoms. The lowest BCUT2D eigenvalue weighted by atomic mass is 10.2. The first-order valence-electron chi connectivity index (χ1n) is 6.05. The molecule has 0 saturated carbocycles. The van der Waals surface area contributed by atoms with Gasteiger partial charge >= 0.3 is 0 Å². The Morgan fingerprint density at radius 3 is 2.57 bits per heavy atom. The van der Waals surface area contributed by atoms with E-state index in [2.05, 4.69) is 41.9 Å². The fourth-order valence-corrected chi connectivity index (χ4v) is 6.09. The molecule has 1 heterocycles. The Morgan fingerprint density at radius 2 is 1.95 bits per heavy atom. The zero-order chi connectivity index (χ0) is 15.6. The molecular formula is C13H14Br2N2O2S2. The number of sulfonamides is 1. The predicted octanol–water partition coefficient (Wildman–Crippen LogP) is 4.10. The summed E-state index contributed by atoms with van der Waals surface area (Å²) in [5.74, 6) is 0. The second-order valence-corrected chi connectivity index (χ2v) is 9.47. The van der Waals surface area contributed by atoms with Crippen LogP contribution in [-0.4, -0.2) is 15.5 Å². The van der Waals surface area contributed by atoms with Crippen molar-refractivity contribution in [1.82, 2.24) is 5.32 Å². The van der Waals surface area contributed by atoms with E-state index < -0.39 is 10.0 Å². The molecule has 1 aromatic carbocycles. The summed E-state index contributed by atoms with van der Waals surface area (Å²) in [7, 11) is -1.78. The van der Waals surface area contributed by atoms with Crippen molar-refractivity contribution in [2.45, 2.75) is 18.4 Å². The number of aryl methyl sites for hydroxylation is 1. The molecule has 0 fully saturated rings. The Labute approximate surface area is 145 Å². The fraction of sp³-hybridized carbons (Fsp3) is 0.231. The maximum absolute atomic E-state index is 12.5. The Hall–Kier alpha value is -0.410. The first-order valence-corrected chi connectivity index (χ1v) is 9.94. The summed E-state index contributed by atoms with van der Waals surface area (Å²) >= 11 is 8.10. The molecule has 0 atom stereocenters. The van der Waals surface area contributed by atoms with Gasteiger partial charge in [-0.2, -0.15) is 0 Å². The van der Waals surface area contributed by atoms with Crippen molar-refractivity contribution in [3.63, 3.8) is 0 Å². The normalized spacial score (nSPS) is 11.6. The molecular weight excluding hydrogens is 440 g/mol. The van der Waals surface area contributed by atoms with Crippen LogP contribution in [0.25, 0.3) is 0 Å². The number of thiophene rings is 1. The smallest absolute Gasteiger partial charge is 0.263 e. The van der Waals surface area contributed by atoms with Crippen molar-refractivity contribution in [1.29, 1.82) is 0 Å². The average molecular weight is 454 g/mol. The Kier molecular flexibility index (Phi) is 5.48. The van der Waals surface area contributed by atoms with E-state index in [0.717, 1.165) is 14.9 Å². The van der Waals surface area contributed by atoms with Crippen LogP contribution in [0.3, 0.4) is 0 Å². The molecule has 0 aliphatic carbocycles. The molecule has 0 aliphatic rings. The van der Waals surface area contributed by atoms with Gasteiger partial charge in [-0.1, -0.05) is 15.9 Å². The summed E-state index contributed by atoms with van der Waals surface area (Å²) in [6.07, 6.45) is 0. The van der Waals surface area contributed by atoms with E-state index in [1.165, 1.54) is 11.3 Å². The van der Waals surface area contributed by atoms with Gasteiger partial charge < -0.3 is 5.32 Å². The monoisotopic (exact) mass is 452 g/mol. The first-order chi connectivity index (χ1) is 9.83. The number of halogens is 2. The largest absolute Gasteiger partial charge is 0.315 e. The van der Waals surface area contributed by atoms with Gasteiger partial charge in [0.05, 0.1) is 9.47 Å². The van der Waals surface area contributed by atoms with Crippen LogP contribution in [0.4, 0.5) is 5.69 Å². The highest BCUT2D eigenvalue weighted by Gasteiger charge is 2.21. The minimum atomic E-state index is -3.61. The third-order valence-corrected chi connectivity index (χ3v) is 6.89. The van der Waals surface area contributed by atoms with Gasteiger partial charge in [-0.25, -0.2) is 8.42 Å². The minimum Gasteiger partial charge on any atom is -0.315 e. The van der Waals surface area contributed by atoms with E-state index >= 15 is 0 Å². The van der Waals surface area contributed by atoms with Crippen molar-refractivity contribution in [2.75, 3.05) is 11.8 Å². The molecule has 2 N–H and O–H groups in total. The zero-order valence-corrected chi connectivity index (χ0v) is 16.2. The van der Waals surface area contributed by atoms with Gasteiger partial charge in [-0.05, 0) is 59.7 Å². The molecule has 114 valence electrons. The highest BCUT2D eigenvalue weighted by Crippen LogP contribution is 2.33. The highest BCUT2D eigenvalue weighted by atomic mass is 79.9. The zero-order valence-electron chi connectivity index (χ0n) is 11.4. The number of hydrogen-bond donors (Lipinski definition) is 2. The molecule has 0 aliphatic heterocycles. The van der Waals surface area contributed by atoms with Crippen molar-refractivity contribution in [3.8, 4) is 0 Å². The molecule has 0 saturated heterocycles. The molecule has 4 nitrogen and oxygen atoms in total. The third-order valence-electron chi connectivity index (χ3n) is 2.78. The fourth-order valence-electron chi connectivity index (χ4n) is 1.78. The van der Waals surface area contributed by atoms with Crippen LogP contribution in [-0.2, 0) is 16.6 Å². The second-order valence-electron chi connectivity index (χ2n) is 4.45. The van der Waals surface area contributed by atoms with Crippen LogP contribution < -0.4 is 10.0 Å². The van der Waals surface area contributed by atoms with Gasteiger partial charge in [0.1, 0.15) is 4.90 Å². The van der Waals surface area contributed by atoms with E-state index in [1.807, 2.05) is 20.0 Å². The molecule has 1 aromatic heterocycles. The molecule has 0 amide bonds. The molecule has 2 rings (SSSR count). The highest BCUT2D eigenvalue weighted by molar-refractivity contribution is 9.11.